The maximum atomic E-state index is 13.9. The van der Waals surface area contributed by atoms with Crippen LogP contribution in [0.2, 0.25) is 0 Å². The van der Waals surface area contributed by atoms with Crippen molar-refractivity contribution in [2.75, 3.05) is 45.1 Å². The fourth-order valence-electron chi connectivity index (χ4n) is 3.69. The van der Waals surface area contributed by atoms with Crippen molar-refractivity contribution in [3.05, 3.63) is 59.4 Å². The number of amides is 1. The van der Waals surface area contributed by atoms with Crippen molar-refractivity contribution < 1.29 is 17.6 Å². The van der Waals surface area contributed by atoms with Gasteiger partial charge in [0.2, 0.25) is 15.9 Å². The SMILES string of the molecule is CNS(=O)(=O)c1cc(NC(=O)CN2CCCN(Cc3ccccc3F)CC2)ccc1C. The van der Waals surface area contributed by atoms with Gasteiger partial charge in [0.15, 0.2) is 0 Å². The predicted octanol–water partition coefficient (Wildman–Crippen LogP) is 2.19. The van der Waals surface area contributed by atoms with Crippen LogP contribution in [0.3, 0.4) is 0 Å². The average molecular weight is 449 g/mol. The average Bonchev–Trinajstić information content (AvgIpc) is 2.96. The van der Waals surface area contributed by atoms with E-state index >= 15 is 0 Å². The number of hydrogen-bond acceptors (Lipinski definition) is 5. The molecule has 0 spiro atoms. The van der Waals surface area contributed by atoms with Crippen LogP contribution < -0.4 is 10.0 Å². The minimum absolute atomic E-state index is 0.145. The molecule has 168 valence electrons. The van der Waals surface area contributed by atoms with Crippen LogP contribution in [0.5, 0.6) is 0 Å². The molecule has 0 aliphatic carbocycles. The highest BCUT2D eigenvalue weighted by Gasteiger charge is 2.19. The molecule has 1 heterocycles. The first kappa shape index (κ1) is 23.3. The molecule has 1 fully saturated rings. The number of carbonyl (C=O) groups excluding carboxylic acids is 1. The summed E-state index contributed by atoms with van der Waals surface area (Å²) in [6.07, 6.45) is 0.886. The predicted molar refractivity (Wildman–Crippen MR) is 119 cm³/mol. The summed E-state index contributed by atoms with van der Waals surface area (Å²) in [5, 5.41) is 2.80. The van der Waals surface area contributed by atoms with Gasteiger partial charge in [-0.1, -0.05) is 24.3 Å². The quantitative estimate of drug-likeness (QED) is 0.679. The van der Waals surface area contributed by atoms with Crippen LogP contribution >= 0.6 is 0 Å². The number of rotatable bonds is 7. The standard InChI is InChI=1S/C22H29FN4O3S/c1-17-8-9-19(14-21(17)31(29,30)24-2)25-22(28)16-27-11-5-10-26(12-13-27)15-18-6-3-4-7-20(18)23/h3-4,6-9,14,24H,5,10-13,15-16H2,1-2H3,(H,25,28). The lowest BCUT2D eigenvalue weighted by molar-refractivity contribution is -0.117. The fourth-order valence-corrected chi connectivity index (χ4v) is 4.68. The molecule has 0 saturated carbocycles. The minimum atomic E-state index is -3.60. The number of nitrogens with one attached hydrogen (secondary N) is 2. The van der Waals surface area contributed by atoms with Crippen LogP contribution in [0.15, 0.2) is 47.4 Å². The van der Waals surface area contributed by atoms with Crippen molar-refractivity contribution in [2.45, 2.75) is 24.8 Å². The van der Waals surface area contributed by atoms with E-state index in [4.69, 9.17) is 0 Å². The van der Waals surface area contributed by atoms with E-state index in [0.29, 0.717) is 29.9 Å². The van der Waals surface area contributed by atoms with Gasteiger partial charge in [-0.15, -0.1) is 0 Å². The number of halogens is 1. The monoisotopic (exact) mass is 448 g/mol. The molecule has 3 rings (SSSR count). The first-order valence-electron chi connectivity index (χ1n) is 10.3. The summed E-state index contributed by atoms with van der Waals surface area (Å²) in [5.41, 5.74) is 1.73. The summed E-state index contributed by atoms with van der Waals surface area (Å²) in [4.78, 5) is 17.0. The number of aryl methyl sites for hydroxylation is 1. The molecular formula is C22H29FN4O3S. The maximum absolute atomic E-state index is 13.9. The highest BCUT2D eigenvalue weighted by molar-refractivity contribution is 7.89. The van der Waals surface area contributed by atoms with E-state index in [1.54, 1.807) is 31.2 Å². The Morgan fingerprint density at radius 3 is 2.52 bits per heavy atom. The number of nitrogens with zero attached hydrogens (tertiary/aromatic N) is 2. The van der Waals surface area contributed by atoms with Gasteiger partial charge in [0, 0.05) is 30.9 Å². The third kappa shape index (κ3) is 6.33. The lowest BCUT2D eigenvalue weighted by Crippen LogP contribution is -2.36. The zero-order valence-corrected chi connectivity index (χ0v) is 18.7. The number of anilines is 1. The fraction of sp³-hybridized carbons (Fsp3) is 0.409. The molecular weight excluding hydrogens is 419 g/mol. The van der Waals surface area contributed by atoms with Gasteiger partial charge in [0.1, 0.15) is 5.82 Å². The second-order valence-corrected chi connectivity index (χ2v) is 9.59. The van der Waals surface area contributed by atoms with Crippen molar-refractivity contribution in [2.24, 2.45) is 0 Å². The summed E-state index contributed by atoms with van der Waals surface area (Å²) < 4.78 is 40.5. The number of carbonyl (C=O) groups is 1. The molecule has 1 saturated heterocycles. The largest absolute Gasteiger partial charge is 0.325 e. The Bertz CT molecular complexity index is 1030. The van der Waals surface area contributed by atoms with Crippen molar-refractivity contribution in [1.82, 2.24) is 14.5 Å². The Labute approximate surface area is 183 Å². The van der Waals surface area contributed by atoms with Crippen LogP contribution in [0.4, 0.5) is 10.1 Å². The lowest BCUT2D eigenvalue weighted by atomic mass is 10.2. The van der Waals surface area contributed by atoms with Crippen molar-refractivity contribution in [3.8, 4) is 0 Å². The number of sulfonamides is 1. The van der Waals surface area contributed by atoms with Gasteiger partial charge >= 0.3 is 0 Å². The van der Waals surface area contributed by atoms with E-state index in [-0.39, 0.29) is 23.2 Å². The third-order valence-corrected chi connectivity index (χ3v) is 6.99. The summed E-state index contributed by atoms with van der Waals surface area (Å²) in [6.45, 7) is 5.55. The molecule has 0 bridgehead atoms. The summed E-state index contributed by atoms with van der Waals surface area (Å²) >= 11 is 0. The van der Waals surface area contributed by atoms with Gasteiger partial charge in [-0.3, -0.25) is 14.6 Å². The second-order valence-electron chi connectivity index (χ2n) is 7.73. The first-order valence-corrected chi connectivity index (χ1v) is 11.8. The maximum Gasteiger partial charge on any atom is 0.240 e. The molecule has 7 nitrogen and oxygen atoms in total. The van der Waals surface area contributed by atoms with Gasteiger partial charge in [-0.05, 0) is 57.2 Å². The topological polar surface area (TPSA) is 81.8 Å². The summed E-state index contributed by atoms with van der Waals surface area (Å²) in [7, 11) is -2.24. The van der Waals surface area contributed by atoms with E-state index in [2.05, 4.69) is 19.8 Å². The molecule has 1 amide bonds. The van der Waals surface area contributed by atoms with Crippen LogP contribution in [0.1, 0.15) is 17.5 Å². The molecule has 0 aromatic heterocycles. The van der Waals surface area contributed by atoms with E-state index in [0.717, 1.165) is 26.1 Å². The highest BCUT2D eigenvalue weighted by Crippen LogP contribution is 2.20. The van der Waals surface area contributed by atoms with E-state index in [1.807, 2.05) is 6.07 Å². The summed E-state index contributed by atoms with van der Waals surface area (Å²) in [6, 6.07) is 11.6. The van der Waals surface area contributed by atoms with E-state index in [1.165, 1.54) is 19.2 Å². The summed E-state index contributed by atoms with van der Waals surface area (Å²) in [5.74, 6) is -0.389. The Kier molecular flexibility index (Phi) is 7.77. The molecule has 0 radical (unpaired) electrons. The molecule has 0 unspecified atom stereocenters. The van der Waals surface area contributed by atoms with E-state index < -0.39 is 10.0 Å². The third-order valence-electron chi connectivity index (χ3n) is 5.43. The molecule has 2 aromatic carbocycles. The van der Waals surface area contributed by atoms with Crippen molar-refractivity contribution >= 4 is 21.6 Å². The Balaban J connectivity index is 1.55. The molecule has 2 aromatic rings. The van der Waals surface area contributed by atoms with Gasteiger partial charge in [-0.25, -0.2) is 17.5 Å². The van der Waals surface area contributed by atoms with Crippen LogP contribution in [0, 0.1) is 12.7 Å². The smallest absolute Gasteiger partial charge is 0.240 e. The van der Waals surface area contributed by atoms with Crippen LogP contribution in [-0.4, -0.2) is 63.9 Å². The van der Waals surface area contributed by atoms with Crippen molar-refractivity contribution in [1.29, 1.82) is 0 Å². The molecule has 2 N–H and O–H groups in total. The minimum Gasteiger partial charge on any atom is -0.325 e. The Morgan fingerprint density at radius 1 is 1.06 bits per heavy atom. The van der Waals surface area contributed by atoms with Gasteiger partial charge in [-0.2, -0.15) is 0 Å². The molecule has 31 heavy (non-hydrogen) atoms. The van der Waals surface area contributed by atoms with Crippen LogP contribution in [0.25, 0.3) is 0 Å². The number of hydrogen-bond donors (Lipinski definition) is 2. The van der Waals surface area contributed by atoms with Crippen LogP contribution in [-0.2, 0) is 21.4 Å². The second kappa shape index (κ2) is 10.3. The zero-order valence-electron chi connectivity index (χ0n) is 17.9. The molecule has 0 atom stereocenters. The Morgan fingerprint density at radius 2 is 1.77 bits per heavy atom. The number of benzene rings is 2. The Hall–Kier alpha value is -2.33. The zero-order chi connectivity index (χ0) is 22.4. The molecule has 1 aliphatic rings. The normalized spacial score (nSPS) is 16.1. The molecule has 9 heteroatoms. The highest BCUT2D eigenvalue weighted by atomic mass is 32.2. The van der Waals surface area contributed by atoms with Gasteiger partial charge in [0.25, 0.3) is 0 Å². The van der Waals surface area contributed by atoms with Gasteiger partial charge < -0.3 is 5.32 Å². The van der Waals surface area contributed by atoms with Crippen molar-refractivity contribution in [3.63, 3.8) is 0 Å². The lowest BCUT2D eigenvalue weighted by Gasteiger charge is -2.21. The van der Waals surface area contributed by atoms with E-state index in [9.17, 15) is 17.6 Å². The van der Waals surface area contributed by atoms with Gasteiger partial charge in [0.05, 0.1) is 11.4 Å². The first-order chi connectivity index (χ1) is 14.8. The molecule has 1 aliphatic heterocycles.